The Labute approximate surface area is 309 Å². The highest BCUT2D eigenvalue weighted by Crippen LogP contribution is 2.48. The van der Waals surface area contributed by atoms with Crippen molar-refractivity contribution < 1.29 is 9.90 Å². The van der Waals surface area contributed by atoms with Gasteiger partial charge in [0.25, 0.3) is 0 Å². The maximum absolute atomic E-state index is 14.6. The number of allylic oxidation sites excluding steroid dienone is 2. The van der Waals surface area contributed by atoms with Gasteiger partial charge in [0, 0.05) is 32.9 Å². The molecule has 0 bridgehead atoms. The number of anilines is 3. The number of nitrogens with one attached hydrogen (secondary N) is 3. The number of nitrogens with zero attached hydrogens (tertiary/aromatic N) is 1. The van der Waals surface area contributed by atoms with Crippen molar-refractivity contribution in [3.05, 3.63) is 82.6 Å². The van der Waals surface area contributed by atoms with Crippen LogP contribution in [-0.4, -0.2) is 22.2 Å². The van der Waals surface area contributed by atoms with Crippen molar-refractivity contribution in [1.82, 2.24) is 0 Å². The first-order chi connectivity index (χ1) is 25.4. The van der Waals surface area contributed by atoms with Gasteiger partial charge in [-0.1, -0.05) is 128 Å². The molecule has 2 heterocycles. The van der Waals surface area contributed by atoms with E-state index >= 15 is 0 Å². The number of rotatable bonds is 17. The molecule has 0 amide bonds. The molecule has 274 valence electrons. The van der Waals surface area contributed by atoms with Crippen LogP contribution in [0.2, 0.25) is 0 Å². The van der Waals surface area contributed by atoms with Gasteiger partial charge in [-0.2, -0.15) is 0 Å². The van der Waals surface area contributed by atoms with Crippen LogP contribution in [0.1, 0.15) is 136 Å². The Bertz CT molecular complexity index is 2110. The molecule has 0 saturated carbocycles. The molecule has 0 aromatic heterocycles. The maximum Gasteiger partial charge on any atom is 0.201 e. The summed E-state index contributed by atoms with van der Waals surface area (Å²) in [6, 6.07) is 21.0. The number of carbonyl (C=O) groups excluding carboxylic acids is 1. The lowest BCUT2D eigenvalue weighted by molar-refractivity contribution is -0.109. The summed E-state index contributed by atoms with van der Waals surface area (Å²) in [5.41, 5.74) is 3.93. The largest absolute Gasteiger partial charge is 0.506 e. The fourth-order valence-electron chi connectivity index (χ4n) is 8.95. The molecule has 0 atom stereocenters. The van der Waals surface area contributed by atoms with Crippen LogP contribution < -0.4 is 26.5 Å². The van der Waals surface area contributed by atoms with Crippen molar-refractivity contribution in [1.29, 1.82) is 0 Å². The molecule has 4 N–H and O–H groups in total. The second-order valence-electron chi connectivity index (χ2n) is 15.6. The van der Waals surface area contributed by atoms with E-state index in [4.69, 9.17) is 4.99 Å². The third kappa shape index (κ3) is 6.58. The second-order valence-corrected chi connectivity index (χ2v) is 15.6. The molecule has 0 fully saturated rings. The molecule has 7 rings (SSSR count). The summed E-state index contributed by atoms with van der Waals surface area (Å²) in [4.78, 5) is 20.2. The van der Waals surface area contributed by atoms with Crippen molar-refractivity contribution >= 4 is 55.5 Å². The number of unbranched alkanes of at least 4 members (excludes halogenated alkanes) is 8. The van der Waals surface area contributed by atoms with E-state index in [-0.39, 0.29) is 17.2 Å². The summed E-state index contributed by atoms with van der Waals surface area (Å²) >= 11 is 0. The van der Waals surface area contributed by atoms with Gasteiger partial charge in [-0.15, -0.1) is 0 Å². The zero-order valence-corrected chi connectivity index (χ0v) is 31.9. The van der Waals surface area contributed by atoms with Gasteiger partial charge in [0.05, 0.1) is 22.2 Å². The quantitative estimate of drug-likeness (QED) is 0.0825. The van der Waals surface area contributed by atoms with E-state index in [9.17, 15) is 9.90 Å². The van der Waals surface area contributed by atoms with E-state index in [1.54, 1.807) is 0 Å². The molecule has 3 aliphatic rings. The van der Waals surface area contributed by atoms with Gasteiger partial charge in [0.15, 0.2) is 0 Å². The topological polar surface area (TPSA) is 85.8 Å². The molecule has 1 aliphatic carbocycles. The van der Waals surface area contributed by atoms with Crippen LogP contribution in [-0.2, 0) is 4.79 Å². The minimum atomic E-state index is -0.439. The number of hydrogen-bond donors (Lipinski definition) is 4. The van der Waals surface area contributed by atoms with E-state index in [2.05, 4.69) is 92.2 Å². The van der Waals surface area contributed by atoms with Crippen molar-refractivity contribution in [3.63, 3.8) is 0 Å². The molecular formula is C46H58N4O2. The Balaban J connectivity index is 1.39. The zero-order valence-electron chi connectivity index (χ0n) is 31.9. The molecule has 6 heteroatoms. The average Bonchev–Trinajstić information content (AvgIpc) is 3.14. The summed E-state index contributed by atoms with van der Waals surface area (Å²) in [6.07, 6.45) is 17.5. The highest BCUT2D eigenvalue weighted by atomic mass is 16.3. The summed E-state index contributed by atoms with van der Waals surface area (Å²) in [7, 11) is 0. The van der Waals surface area contributed by atoms with E-state index in [1.165, 1.54) is 12.8 Å². The minimum absolute atomic E-state index is 0.0744. The van der Waals surface area contributed by atoms with Crippen molar-refractivity contribution in [2.24, 2.45) is 4.99 Å². The lowest BCUT2D eigenvalue weighted by Crippen LogP contribution is -2.48. The third-order valence-electron chi connectivity index (χ3n) is 11.8. The van der Waals surface area contributed by atoms with Gasteiger partial charge in [0.2, 0.25) is 5.78 Å². The normalized spacial score (nSPS) is 17.7. The van der Waals surface area contributed by atoms with Gasteiger partial charge in [0.1, 0.15) is 17.1 Å². The summed E-state index contributed by atoms with van der Waals surface area (Å²) < 4.78 is 0. The lowest BCUT2D eigenvalue weighted by Gasteiger charge is -2.43. The monoisotopic (exact) mass is 698 g/mol. The number of benzene rings is 4. The number of aliphatic hydroxyl groups is 1. The summed E-state index contributed by atoms with van der Waals surface area (Å²) in [5, 5.41) is 29.8. The number of aliphatic hydroxyl groups excluding tert-OH is 1. The van der Waals surface area contributed by atoms with Crippen LogP contribution in [0.25, 0.3) is 32.7 Å². The molecule has 6 nitrogen and oxygen atoms in total. The minimum Gasteiger partial charge on any atom is -0.506 e. The summed E-state index contributed by atoms with van der Waals surface area (Å²) in [6.45, 7) is 8.98. The Morgan fingerprint density at radius 2 is 1.15 bits per heavy atom. The highest BCUT2D eigenvalue weighted by Gasteiger charge is 2.41. The maximum atomic E-state index is 14.6. The van der Waals surface area contributed by atoms with Crippen LogP contribution in [0.15, 0.2) is 71.4 Å². The lowest BCUT2D eigenvalue weighted by atomic mass is 9.79. The fourth-order valence-corrected chi connectivity index (χ4v) is 8.95. The molecule has 0 radical (unpaired) electrons. The molecule has 52 heavy (non-hydrogen) atoms. The van der Waals surface area contributed by atoms with Gasteiger partial charge in [-0.3, -0.25) is 9.79 Å². The molecule has 4 aromatic rings. The molecule has 4 aromatic carbocycles. The molecular weight excluding hydrogens is 641 g/mol. The van der Waals surface area contributed by atoms with Crippen molar-refractivity contribution in [3.8, 4) is 0 Å². The highest BCUT2D eigenvalue weighted by molar-refractivity contribution is 6.52. The first-order valence-electron chi connectivity index (χ1n) is 20.4. The van der Waals surface area contributed by atoms with Crippen LogP contribution in [0, 0.1) is 0 Å². The SMILES string of the molecule is CCCCCC1(CCCCC)N=c2/c(=C3\C(=O)C(c4ccc5cccc6c5c4NC(CCCCC)(CCCCC)N6)=C3O)ccc3cccc(c23)N1. The van der Waals surface area contributed by atoms with Crippen molar-refractivity contribution in [2.75, 3.05) is 16.0 Å². The Morgan fingerprint density at radius 1 is 0.596 bits per heavy atom. The van der Waals surface area contributed by atoms with Gasteiger partial charge in [-0.25, -0.2) is 0 Å². The van der Waals surface area contributed by atoms with Crippen LogP contribution in [0.3, 0.4) is 0 Å². The standard InChI is InChI=1S/C46H58N4O2/c1-5-9-13-27-45(28-14-10-6-2)47-35-21-17-19-31-23-25-33(41(49-45)37(31)35)39-43(51)40(44(39)52)34-26-24-32-20-18-22-36-38(32)42(34)50-46(48-36,29-15-11-7-3)30-16-12-8-4/h17-26,47-49,51H,5-16,27-30H2,1-4H3/b40-34-. The number of ketones is 1. The van der Waals surface area contributed by atoms with E-state index in [0.717, 1.165) is 145 Å². The fraction of sp³-hybridized carbons (Fsp3) is 0.478. The van der Waals surface area contributed by atoms with Crippen LogP contribution >= 0.6 is 0 Å². The summed E-state index contributed by atoms with van der Waals surface area (Å²) in [5.74, 6) is -0.0387. The first-order valence-corrected chi connectivity index (χ1v) is 20.4. The Morgan fingerprint density at radius 3 is 1.75 bits per heavy atom. The van der Waals surface area contributed by atoms with Gasteiger partial charge in [-0.05, 0) is 74.3 Å². The molecule has 2 aliphatic heterocycles. The van der Waals surface area contributed by atoms with E-state index in [0.29, 0.717) is 11.1 Å². The number of carbonyl (C=O) groups is 1. The smallest absolute Gasteiger partial charge is 0.201 e. The predicted molar refractivity (Wildman–Crippen MR) is 220 cm³/mol. The van der Waals surface area contributed by atoms with E-state index in [1.807, 2.05) is 12.1 Å². The Kier molecular flexibility index (Phi) is 10.6. The second kappa shape index (κ2) is 15.3. The number of Topliss-reactive ketones (excluding diaryl/α,β-unsaturated/α-hetero) is 1. The zero-order chi connectivity index (χ0) is 36.3. The third-order valence-corrected chi connectivity index (χ3v) is 11.8. The van der Waals surface area contributed by atoms with Gasteiger partial charge >= 0.3 is 0 Å². The van der Waals surface area contributed by atoms with Gasteiger partial charge < -0.3 is 21.1 Å². The van der Waals surface area contributed by atoms with E-state index < -0.39 is 5.66 Å². The molecule has 0 spiro atoms. The molecule has 0 unspecified atom stereocenters. The average molecular weight is 699 g/mol. The first kappa shape index (κ1) is 36.1. The van der Waals surface area contributed by atoms with Crippen LogP contribution in [0.5, 0.6) is 0 Å². The predicted octanol–water partition coefficient (Wildman–Crippen LogP) is 11.3. The van der Waals surface area contributed by atoms with Crippen LogP contribution in [0.4, 0.5) is 17.1 Å². The Hall–Kier alpha value is -4.32. The molecule has 0 saturated heterocycles. The number of hydrogen-bond acceptors (Lipinski definition) is 6. The van der Waals surface area contributed by atoms with Crippen molar-refractivity contribution in [2.45, 2.75) is 142 Å².